The number of aryl methyl sites for hydroxylation is 6. The van der Waals surface area contributed by atoms with Crippen LogP contribution in [0.1, 0.15) is 177 Å². The van der Waals surface area contributed by atoms with Gasteiger partial charge in [-0.15, -0.1) is 0 Å². The Labute approximate surface area is 845 Å². The quantitative estimate of drug-likeness (QED) is 0.0169. The number of hydrogen-bond acceptors (Lipinski definition) is 15. The third-order valence-corrected chi connectivity index (χ3v) is 23.3. The van der Waals surface area contributed by atoms with E-state index in [4.69, 9.17) is 38.9 Å². The number of carbonyl (C=O) groups excluding carboxylic acids is 9. The van der Waals surface area contributed by atoms with Crippen LogP contribution in [-0.2, 0) is 67.2 Å². The maximum absolute atomic E-state index is 14.2. The van der Waals surface area contributed by atoms with E-state index < -0.39 is 221 Å². The van der Waals surface area contributed by atoms with Crippen molar-refractivity contribution < 1.29 is 103 Å². The Kier molecular flexibility index (Phi) is 31.3. The molecule has 9 aromatic rings. The maximum atomic E-state index is 14.2. The summed E-state index contributed by atoms with van der Waals surface area (Å²) < 4.78 is 198. The number of aliphatic hydroxyl groups is 3. The van der Waals surface area contributed by atoms with Crippen molar-refractivity contribution in [3.05, 3.63) is 303 Å². The van der Waals surface area contributed by atoms with E-state index in [0.717, 1.165) is 16.7 Å². The fourth-order valence-corrected chi connectivity index (χ4v) is 16.6. The average molecular weight is 1910 g/mol. The molecule has 0 radical (unpaired) electrons. The van der Waals surface area contributed by atoms with Crippen molar-refractivity contribution in [1.82, 2.24) is 62.6 Å². The van der Waals surface area contributed by atoms with Crippen LogP contribution in [0.4, 0.5) is 14.4 Å². The van der Waals surface area contributed by atoms with E-state index in [-0.39, 0.29) is 86.1 Å². The molecule has 0 spiro atoms. The van der Waals surface area contributed by atoms with Crippen molar-refractivity contribution in [2.45, 2.75) is 232 Å². The van der Waals surface area contributed by atoms with Crippen molar-refractivity contribution >= 4 is 53.5 Å². The maximum Gasteiger partial charge on any atom is 0.318 e. The van der Waals surface area contributed by atoms with Gasteiger partial charge in [0, 0.05) is 87.5 Å². The molecule has 3 fully saturated rings. The van der Waals surface area contributed by atoms with Crippen LogP contribution in [0.15, 0.2) is 237 Å². The molecular formula is C111H144N12O15. The number of hydrogen-bond donors (Lipinski definition) is 12. The van der Waals surface area contributed by atoms with Gasteiger partial charge in [0.25, 0.3) is 17.7 Å². The van der Waals surface area contributed by atoms with Gasteiger partial charge in [-0.2, -0.15) is 0 Å². The van der Waals surface area contributed by atoms with Crippen LogP contribution in [0, 0.1) is 59.0 Å². The molecule has 12 atom stereocenters. The van der Waals surface area contributed by atoms with Crippen molar-refractivity contribution in [2.24, 2.45) is 17.8 Å². The molecule has 138 heavy (non-hydrogen) atoms. The Balaban J connectivity index is 0.000000244. The van der Waals surface area contributed by atoms with Gasteiger partial charge in [-0.05, 0) is 203 Å². The number of nitrogens with zero attached hydrogens (tertiary/aromatic N) is 3. The summed E-state index contributed by atoms with van der Waals surface area (Å²) in [5.74, 6) is -5.84. The van der Waals surface area contributed by atoms with E-state index in [9.17, 15) is 64.0 Å². The number of nitrogens with one attached hydrogen (secondary N) is 9. The lowest BCUT2D eigenvalue weighted by Crippen LogP contribution is -2.59. The van der Waals surface area contributed by atoms with Gasteiger partial charge in [-0.25, -0.2) is 14.4 Å². The number of amides is 12. The highest BCUT2D eigenvalue weighted by Gasteiger charge is 2.40. The Morgan fingerprint density at radius 2 is 0.638 bits per heavy atom. The summed E-state index contributed by atoms with van der Waals surface area (Å²) in [6.07, 6.45) is -10.8. The monoisotopic (exact) mass is 1910 g/mol. The van der Waals surface area contributed by atoms with Crippen LogP contribution in [0.3, 0.4) is 0 Å². The smallest absolute Gasteiger partial charge is 0.318 e. The van der Waals surface area contributed by atoms with Crippen molar-refractivity contribution in [1.29, 1.82) is 0 Å². The van der Waals surface area contributed by atoms with Gasteiger partial charge < -0.3 is 92.1 Å². The average Bonchev–Trinajstić information content (AvgIpc) is 0.711. The fraction of sp³-hybridized carbons (Fsp3) is 0.432. The van der Waals surface area contributed by atoms with E-state index in [1.807, 2.05) is 81.5 Å². The van der Waals surface area contributed by atoms with Crippen LogP contribution in [0.25, 0.3) is 0 Å². The summed E-state index contributed by atoms with van der Waals surface area (Å²) in [5, 5.41) is 59.6. The van der Waals surface area contributed by atoms with Gasteiger partial charge in [-0.3, -0.25) is 28.8 Å². The molecule has 3 aliphatic heterocycles. The molecule has 3 heterocycles. The minimum Gasteiger partial charge on any atom is -0.483 e. The Morgan fingerprint density at radius 3 is 0.949 bits per heavy atom. The highest BCUT2D eigenvalue weighted by molar-refractivity contribution is 5.90. The highest BCUT2D eigenvalue weighted by Crippen LogP contribution is 2.29. The predicted octanol–water partition coefficient (Wildman–Crippen LogP) is 13.0. The topological polar surface area (TPSA) is 360 Å². The molecule has 0 saturated carbocycles. The number of urea groups is 3. The zero-order valence-corrected chi connectivity index (χ0v) is 79.1. The summed E-state index contributed by atoms with van der Waals surface area (Å²) in [6.45, 7) is -3.52. The molecule has 0 aliphatic carbocycles. The number of benzene rings is 9. The lowest BCUT2D eigenvalue weighted by Gasteiger charge is -2.37. The van der Waals surface area contributed by atoms with Gasteiger partial charge in [0.1, 0.15) is 35.4 Å². The van der Waals surface area contributed by atoms with E-state index in [1.54, 1.807) is 166 Å². The molecule has 9 aromatic carbocycles. The zero-order chi connectivity index (χ0) is 118. The first kappa shape index (κ1) is 78.9. The molecule has 12 amide bonds. The fourth-order valence-electron chi connectivity index (χ4n) is 16.6. The predicted molar refractivity (Wildman–Crippen MR) is 539 cm³/mol. The Morgan fingerprint density at radius 1 is 0.362 bits per heavy atom. The Hall–Kier alpha value is -13.1. The molecule has 27 nitrogen and oxygen atoms in total. The highest BCUT2D eigenvalue weighted by atomic mass is 16.5. The summed E-state index contributed by atoms with van der Waals surface area (Å²) in [6, 6.07) is 53.5. The first-order valence-electron chi connectivity index (χ1n) is 57.5. The lowest BCUT2D eigenvalue weighted by molar-refractivity contribution is -0.129. The molecule has 738 valence electrons. The summed E-state index contributed by atoms with van der Waals surface area (Å²) in [7, 11) is 0. The molecular weight excluding hydrogens is 1740 g/mol. The van der Waals surface area contributed by atoms with Gasteiger partial charge in [-0.1, -0.05) is 278 Å². The van der Waals surface area contributed by atoms with Crippen LogP contribution in [0.5, 0.6) is 17.2 Å². The standard InChI is InChI=1S/3C37H48N4O5/c3*1-25(2)34(41-20-12-19-38-37(41)45)36(44)39-30(21-28-15-7-5-8-16-28)23-32(42)31(22-29-17-9-6-10-18-29)40-33(43)24-46-35-26(3)13-11-14-27(35)4/h3*5-11,13-18,25,30-32,34,42H,12,19-24H2,1-4H3,(H,38,45)(H,39,44)(H,40,43)/t3*30-,31-,32-,34-/m000/s1/i3D3,4D3,12D2,19D2,20D2;3D3,4D3,21D2;21D2. The van der Waals surface area contributed by atoms with E-state index in [0.29, 0.717) is 71.9 Å². The number of carbonyl (C=O) groups is 9. The number of rotatable bonds is 45. The van der Waals surface area contributed by atoms with Gasteiger partial charge >= 0.3 is 18.1 Å². The minimum atomic E-state index is -3.29. The van der Waals surface area contributed by atoms with Crippen LogP contribution >= 0.6 is 0 Å². The van der Waals surface area contributed by atoms with E-state index in [2.05, 4.69) is 42.5 Å². The number of aliphatic hydroxyl groups excluding tert-OH is 3. The summed E-state index contributed by atoms with van der Waals surface area (Å²) in [4.78, 5) is 124. The second-order valence-electron chi connectivity index (χ2n) is 35.3. The van der Waals surface area contributed by atoms with E-state index >= 15 is 0 Å². The molecule has 3 saturated heterocycles. The second-order valence-corrected chi connectivity index (χ2v) is 35.3. The van der Waals surface area contributed by atoms with Gasteiger partial charge in [0.05, 0.1) is 36.4 Å². The van der Waals surface area contributed by atoms with Crippen molar-refractivity contribution in [3.8, 4) is 17.2 Å². The molecule has 0 bridgehead atoms. The van der Waals surface area contributed by atoms with Crippen molar-refractivity contribution in [3.63, 3.8) is 0 Å². The largest absolute Gasteiger partial charge is 0.483 e. The lowest BCUT2D eigenvalue weighted by atomic mass is 9.92. The molecule has 12 rings (SSSR count). The SMILES string of the molecule is [2H]C([2H])([2H])c1cccc(C([2H])([2H])[2H])c1OCC(=O)N[C@@H](Cc1ccccc1)[C@@H](O)C[C@@H](NC(=O)[C@H](C(C)C)N1CCCNC1=O)C([2H])([2H])c1ccccc1.[2H]C([2H])([2H])c1cccc(C([2H])([2H])[2H])c1OCC(=O)N[C@@H](Cc1ccccc1)[C@@H](O)C[C@H](Cc1ccccc1)NC(=O)[C@H](C(C)C)N1C(=O)NC([2H])([2H])C([2H])([2H])C1([2H])[2H].[2H]C([2H])(c1ccccc1)[C@@H](C[C@H](O)[C@H](Cc1ccccc1)NC(=O)COc1c(C)cccc1C)NC(=O)[C@H](C(C)C)N1CCCNC1=O. The third-order valence-electron chi connectivity index (χ3n) is 23.3. The van der Waals surface area contributed by atoms with Gasteiger partial charge in [0.2, 0.25) is 17.7 Å². The van der Waals surface area contributed by atoms with Crippen LogP contribution < -0.4 is 62.1 Å². The molecule has 12 N–H and O–H groups in total. The Bertz CT molecular complexity index is 6260. The summed E-state index contributed by atoms with van der Waals surface area (Å²) >= 11 is 0. The second kappa shape index (κ2) is 54.7. The van der Waals surface area contributed by atoms with Gasteiger partial charge in [0.15, 0.2) is 19.8 Å². The van der Waals surface area contributed by atoms with Crippen LogP contribution in [0.2, 0.25) is 0 Å². The molecule has 27 heteroatoms. The summed E-state index contributed by atoms with van der Waals surface area (Å²) in [5.41, 5.74) is 3.76. The van der Waals surface area contributed by atoms with Crippen LogP contribution in [-0.4, -0.2) is 215 Å². The molecule has 0 unspecified atom stereocenters. The normalized spacial score (nSPS) is 19.8. The first-order chi connectivity index (χ1) is 75.0. The molecule has 0 aromatic heterocycles. The zero-order valence-electron chi connectivity index (χ0n) is 101. The number of ether oxygens (including phenoxy) is 3. The third kappa shape index (κ3) is 33.7. The van der Waals surface area contributed by atoms with E-state index in [1.165, 1.54) is 60.0 Å². The molecule has 3 aliphatic rings. The minimum absolute atomic E-state index is 0.0615. The van der Waals surface area contributed by atoms with Crippen molar-refractivity contribution in [2.75, 3.05) is 59.0 Å². The first-order valence-corrected chi connectivity index (χ1v) is 46.5. The number of para-hydroxylation sites is 3.